The number of likely N-dealkylation sites (tertiary alicyclic amines) is 2. The zero-order valence-electron chi connectivity index (χ0n) is 26.1. The lowest BCUT2D eigenvalue weighted by molar-refractivity contribution is -0.130. The lowest BCUT2D eigenvalue weighted by Gasteiger charge is -2.38. The quantitative estimate of drug-likeness (QED) is 0.185. The molecule has 7 rings (SSSR count). The van der Waals surface area contributed by atoms with E-state index in [4.69, 9.17) is 37.9 Å². The van der Waals surface area contributed by atoms with Crippen LogP contribution in [0.15, 0.2) is 37.3 Å². The maximum atomic E-state index is 17.1. The number of benzene rings is 2. The molecule has 0 radical (unpaired) electrons. The molecule has 10 nitrogen and oxygen atoms in total. The van der Waals surface area contributed by atoms with Gasteiger partial charge in [-0.1, -0.05) is 29.8 Å². The van der Waals surface area contributed by atoms with E-state index in [0.29, 0.717) is 69.5 Å². The highest BCUT2D eigenvalue weighted by atomic mass is 35.5. The SMILES string of the molecule is C=CC(=O)N1CCC(n2cnc3c(OCC4CCCN4C)nc4c(F)c(-c5c(C)c(Cl)cc6[nH]ncc56)c(Cl)cc4c32)CC1CC#N. The molecule has 3 unspecified atom stereocenters. The molecule has 13 heteroatoms. The number of carbonyl (C=O) groups is 1. The van der Waals surface area contributed by atoms with Crippen molar-refractivity contribution in [2.75, 3.05) is 26.7 Å². The number of nitrogens with zero attached hydrogens (tertiary/aromatic N) is 7. The van der Waals surface area contributed by atoms with Crippen LogP contribution < -0.4 is 4.74 Å². The first-order chi connectivity index (χ1) is 22.7. The Hall–Kier alpha value is -4.24. The van der Waals surface area contributed by atoms with E-state index in [0.717, 1.165) is 19.4 Å². The smallest absolute Gasteiger partial charge is 0.246 e. The van der Waals surface area contributed by atoms with Crippen molar-refractivity contribution in [3.05, 3.63) is 58.7 Å². The predicted octanol–water partition coefficient (Wildman–Crippen LogP) is 6.99. The van der Waals surface area contributed by atoms with E-state index < -0.39 is 5.82 Å². The second-order valence-corrected chi connectivity index (χ2v) is 13.2. The molecule has 2 fully saturated rings. The van der Waals surface area contributed by atoms with E-state index in [1.165, 1.54) is 6.08 Å². The van der Waals surface area contributed by atoms with Gasteiger partial charge in [-0.05, 0) is 70.0 Å². The van der Waals surface area contributed by atoms with Gasteiger partial charge in [-0.25, -0.2) is 14.4 Å². The molecule has 3 aromatic heterocycles. The van der Waals surface area contributed by atoms with Gasteiger partial charge in [0.15, 0.2) is 11.3 Å². The molecular weight excluding hydrogens is 642 g/mol. The number of likely N-dealkylation sites (N-methyl/N-ethyl adjacent to an activating group) is 1. The van der Waals surface area contributed by atoms with E-state index >= 15 is 4.39 Å². The Morgan fingerprint density at radius 2 is 2.02 bits per heavy atom. The van der Waals surface area contributed by atoms with E-state index in [1.54, 1.807) is 29.6 Å². The Kier molecular flexibility index (Phi) is 8.28. The topological polar surface area (TPSA) is 116 Å². The van der Waals surface area contributed by atoms with Gasteiger partial charge >= 0.3 is 0 Å². The number of aromatic amines is 1. The van der Waals surface area contributed by atoms with Crippen LogP contribution in [0.2, 0.25) is 10.0 Å². The molecule has 47 heavy (non-hydrogen) atoms. The number of hydrogen-bond donors (Lipinski definition) is 1. The highest BCUT2D eigenvalue weighted by molar-refractivity contribution is 6.36. The van der Waals surface area contributed by atoms with Crippen LogP contribution >= 0.6 is 23.2 Å². The molecule has 2 saturated heterocycles. The maximum absolute atomic E-state index is 17.1. The normalized spacial score (nSPS) is 20.3. The summed E-state index contributed by atoms with van der Waals surface area (Å²) in [5.41, 5.74) is 3.27. The Labute approximate surface area is 280 Å². The van der Waals surface area contributed by atoms with Crippen LogP contribution in [0.25, 0.3) is 44.0 Å². The van der Waals surface area contributed by atoms with E-state index in [1.807, 2.05) is 11.5 Å². The summed E-state index contributed by atoms with van der Waals surface area (Å²) in [5, 5.41) is 18.5. The van der Waals surface area contributed by atoms with Gasteiger partial charge in [0, 0.05) is 51.6 Å². The van der Waals surface area contributed by atoms with Crippen LogP contribution in [0.4, 0.5) is 4.39 Å². The summed E-state index contributed by atoms with van der Waals surface area (Å²) in [6, 6.07) is 5.48. The first-order valence-corrected chi connectivity index (χ1v) is 16.4. The molecule has 2 aliphatic rings. The van der Waals surface area contributed by atoms with Crippen LogP contribution in [-0.2, 0) is 4.79 Å². The van der Waals surface area contributed by atoms with E-state index in [2.05, 4.69) is 34.8 Å². The Morgan fingerprint density at radius 1 is 1.19 bits per heavy atom. The van der Waals surface area contributed by atoms with Gasteiger partial charge in [0.1, 0.15) is 12.1 Å². The summed E-state index contributed by atoms with van der Waals surface area (Å²) < 4.78 is 25.5. The van der Waals surface area contributed by atoms with Crippen LogP contribution in [0.1, 0.15) is 43.7 Å². The number of nitriles is 1. The maximum Gasteiger partial charge on any atom is 0.246 e. The molecule has 3 atom stereocenters. The van der Waals surface area contributed by atoms with Gasteiger partial charge < -0.3 is 19.1 Å². The highest BCUT2D eigenvalue weighted by Crippen LogP contribution is 2.45. The largest absolute Gasteiger partial charge is 0.474 e. The summed E-state index contributed by atoms with van der Waals surface area (Å²) in [5.74, 6) is -0.569. The van der Waals surface area contributed by atoms with Crippen molar-refractivity contribution < 1.29 is 13.9 Å². The lowest BCUT2D eigenvalue weighted by atomic mass is 9.93. The highest BCUT2D eigenvalue weighted by Gasteiger charge is 2.34. The fourth-order valence-corrected chi connectivity index (χ4v) is 7.77. The number of halogens is 3. The molecule has 1 N–H and O–H groups in total. The number of piperidine rings is 1. The molecule has 0 spiro atoms. The minimum Gasteiger partial charge on any atom is -0.474 e. The molecule has 2 aliphatic heterocycles. The third-order valence-corrected chi connectivity index (χ3v) is 10.5. The minimum absolute atomic E-state index is 0.0947. The van der Waals surface area contributed by atoms with Crippen LogP contribution in [-0.4, -0.2) is 79.3 Å². The summed E-state index contributed by atoms with van der Waals surface area (Å²) >= 11 is 13.6. The number of pyridine rings is 1. The van der Waals surface area contributed by atoms with Crippen molar-refractivity contribution >= 4 is 61.9 Å². The van der Waals surface area contributed by atoms with Gasteiger partial charge in [0.2, 0.25) is 11.8 Å². The Morgan fingerprint density at radius 3 is 2.77 bits per heavy atom. The molecule has 5 aromatic rings. The fourth-order valence-electron chi connectivity index (χ4n) is 7.28. The molecule has 0 aliphatic carbocycles. The summed E-state index contributed by atoms with van der Waals surface area (Å²) in [7, 11) is 2.07. The number of ether oxygens (including phenoxy) is 1. The summed E-state index contributed by atoms with van der Waals surface area (Å²) in [4.78, 5) is 26.1. The number of rotatable bonds is 7. The first kappa shape index (κ1) is 31.4. The Balaban J connectivity index is 1.42. The number of aromatic nitrogens is 5. The van der Waals surface area contributed by atoms with Crippen molar-refractivity contribution in [1.82, 2.24) is 34.5 Å². The van der Waals surface area contributed by atoms with Crippen LogP contribution in [0, 0.1) is 24.1 Å². The molecule has 0 saturated carbocycles. The zero-order valence-corrected chi connectivity index (χ0v) is 27.6. The number of nitrogens with one attached hydrogen (secondary N) is 1. The van der Waals surface area contributed by atoms with E-state index in [9.17, 15) is 10.1 Å². The van der Waals surface area contributed by atoms with Crippen molar-refractivity contribution in [2.24, 2.45) is 0 Å². The van der Waals surface area contributed by atoms with Crippen LogP contribution in [0.3, 0.4) is 0 Å². The second-order valence-electron chi connectivity index (χ2n) is 12.4. The molecular formula is C34H33Cl2FN8O2. The number of amides is 1. The van der Waals surface area contributed by atoms with Crippen LogP contribution in [0.5, 0.6) is 5.88 Å². The molecule has 5 heterocycles. The summed E-state index contributed by atoms with van der Waals surface area (Å²) in [6.45, 7) is 7.26. The molecule has 0 bridgehead atoms. The molecule has 2 aromatic carbocycles. The molecule has 1 amide bonds. The van der Waals surface area contributed by atoms with Gasteiger partial charge in [-0.15, -0.1) is 0 Å². The summed E-state index contributed by atoms with van der Waals surface area (Å²) in [6.07, 6.45) is 8.00. The zero-order chi connectivity index (χ0) is 33.0. The lowest BCUT2D eigenvalue weighted by Crippen LogP contribution is -2.45. The van der Waals surface area contributed by atoms with Crippen molar-refractivity contribution in [1.29, 1.82) is 5.26 Å². The number of fused-ring (bicyclic) bond motifs is 4. The standard InChI is InChI=1S/C34H33Cl2FN8O2/c1-4-27(46)44-11-8-20(12-19(44)7-9-38)45-17-39-32-33(45)22-13-25(36)29(28-18(2)24(35)14-26-23(28)15-40-42-26)30(37)31(22)41-34(32)47-16-21-6-5-10-43(21)3/h4,13-15,17,19-21H,1,5-8,10-12,16H2,2-3H3,(H,40,42). The number of imidazole rings is 1. The number of H-pyrrole nitrogens is 1. The van der Waals surface area contributed by atoms with Crippen molar-refractivity contribution in [2.45, 2.75) is 57.2 Å². The van der Waals surface area contributed by atoms with Gasteiger partial charge in [0.25, 0.3) is 0 Å². The van der Waals surface area contributed by atoms with Crippen molar-refractivity contribution in [3.8, 4) is 23.1 Å². The number of carbonyl (C=O) groups excluding carboxylic acids is 1. The van der Waals surface area contributed by atoms with Gasteiger partial charge in [-0.3, -0.25) is 9.89 Å². The molecule has 242 valence electrons. The fraction of sp³-hybridized carbons (Fsp3) is 0.382. The average Bonchev–Trinajstić information content (AvgIpc) is 3.82. The third kappa shape index (κ3) is 5.29. The number of hydrogen-bond acceptors (Lipinski definition) is 7. The van der Waals surface area contributed by atoms with E-state index in [-0.39, 0.29) is 52.4 Å². The van der Waals surface area contributed by atoms with Gasteiger partial charge in [0.05, 0.1) is 41.1 Å². The first-order valence-electron chi connectivity index (χ1n) is 15.7. The average molecular weight is 676 g/mol. The second kappa shape index (κ2) is 12.4. The van der Waals surface area contributed by atoms with Crippen molar-refractivity contribution in [3.63, 3.8) is 0 Å². The Bertz CT molecular complexity index is 2100. The van der Waals surface area contributed by atoms with Gasteiger partial charge in [-0.2, -0.15) is 10.4 Å². The third-order valence-electron chi connectivity index (χ3n) is 9.80. The monoisotopic (exact) mass is 674 g/mol. The minimum atomic E-state index is -0.605. The predicted molar refractivity (Wildman–Crippen MR) is 180 cm³/mol.